The fourth-order valence-electron chi connectivity index (χ4n) is 3.14. The zero-order valence-corrected chi connectivity index (χ0v) is 14.0. The van der Waals surface area contributed by atoms with Crippen molar-refractivity contribution in [1.29, 1.82) is 0 Å². The topological polar surface area (TPSA) is 44.8 Å². The van der Waals surface area contributed by atoms with Crippen LogP contribution in [0.25, 0.3) is 5.57 Å². The van der Waals surface area contributed by atoms with Gasteiger partial charge in [-0.15, -0.1) is 0 Å². The molecular formula is C19H22O4. The minimum Gasteiger partial charge on any atom is -0.463 e. The number of ether oxygens (including phenoxy) is 3. The first-order valence-electron chi connectivity index (χ1n) is 7.93. The molecule has 0 N–H and O–H groups in total. The Balaban J connectivity index is 2.14. The van der Waals surface area contributed by atoms with Gasteiger partial charge in [-0.2, -0.15) is 0 Å². The number of benzene rings is 1. The second kappa shape index (κ2) is 5.95. The summed E-state index contributed by atoms with van der Waals surface area (Å²) in [6.45, 7) is 7.87. The molecule has 1 saturated heterocycles. The fourth-order valence-corrected chi connectivity index (χ4v) is 3.14. The second-order valence-electron chi connectivity index (χ2n) is 6.28. The highest BCUT2D eigenvalue weighted by Gasteiger charge is 2.48. The van der Waals surface area contributed by atoms with Crippen LogP contribution in [0.1, 0.15) is 33.3 Å². The highest BCUT2D eigenvalue weighted by molar-refractivity contribution is 6.02. The average molecular weight is 314 g/mol. The number of rotatable bonds is 3. The molecule has 122 valence electrons. The minimum absolute atomic E-state index is 0.253. The van der Waals surface area contributed by atoms with Crippen LogP contribution in [0.3, 0.4) is 0 Å². The van der Waals surface area contributed by atoms with Gasteiger partial charge in [-0.1, -0.05) is 36.4 Å². The van der Waals surface area contributed by atoms with Gasteiger partial charge < -0.3 is 14.2 Å². The molecule has 0 unspecified atom stereocenters. The summed E-state index contributed by atoms with van der Waals surface area (Å²) in [6.07, 6.45) is 1.31. The molecule has 4 heteroatoms. The lowest BCUT2D eigenvalue weighted by atomic mass is 9.85. The number of esters is 1. The molecule has 3 rings (SSSR count). The van der Waals surface area contributed by atoms with Crippen molar-refractivity contribution in [3.8, 4) is 0 Å². The summed E-state index contributed by atoms with van der Waals surface area (Å²) >= 11 is 0. The maximum atomic E-state index is 12.6. The lowest BCUT2D eigenvalue weighted by Crippen LogP contribution is -2.34. The Hall–Kier alpha value is -1.91. The number of carbonyl (C=O) groups excluding carboxylic acids is 1. The van der Waals surface area contributed by atoms with Gasteiger partial charge in [0.2, 0.25) is 0 Å². The summed E-state index contributed by atoms with van der Waals surface area (Å²) in [6, 6.07) is 9.83. The van der Waals surface area contributed by atoms with Crippen LogP contribution in [-0.4, -0.2) is 30.6 Å². The Morgan fingerprint density at radius 3 is 2.48 bits per heavy atom. The molecule has 0 bridgehead atoms. The molecule has 1 aliphatic carbocycles. The zero-order chi connectivity index (χ0) is 16.6. The Bertz CT molecular complexity index is 670. The van der Waals surface area contributed by atoms with Crippen LogP contribution in [0, 0.1) is 0 Å². The molecule has 23 heavy (non-hydrogen) atoms. The predicted octanol–water partition coefficient (Wildman–Crippen LogP) is 3.48. The zero-order valence-electron chi connectivity index (χ0n) is 14.0. The molecule has 0 saturated carbocycles. The van der Waals surface area contributed by atoms with Crippen LogP contribution in [0.4, 0.5) is 0 Å². The van der Waals surface area contributed by atoms with Crippen LogP contribution >= 0.6 is 0 Å². The van der Waals surface area contributed by atoms with Gasteiger partial charge in [0.25, 0.3) is 0 Å². The molecule has 0 spiro atoms. The van der Waals surface area contributed by atoms with Crippen molar-refractivity contribution in [2.45, 2.75) is 45.7 Å². The SMILES string of the molecule is CCOC(=O)C1=C(c2ccccc2)C=C(C)[C@H]2OC(C)(C)O[C@@H]12. The van der Waals surface area contributed by atoms with E-state index >= 15 is 0 Å². The molecule has 4 nitrogen and oxygen atoms in total. The van der Waals surface area contributed by atoms with Crippen molar-refractivity contribution in [3.05, 3.63) is 53.1 Å². The van der Waals surface area contributed by atoms with Gasteiger partial charge in [0.1, 0.15) is 12.2 Å². The van der Waals surface area contributed by atoms with E-state index in [9.17, 15) is 4.79 Å². The maximum absolute atomic E-state index is 12.6. The van der Waals surface area contributed by atoms with E-state index in [-0.39, 0.29) is 12.1 Å². The van der Waals surface area contributed by atoms with Gasteiger partial charge in [-0.05, 0) is 44.4 Å². The summed E-state index contributed by atoms with van der Waals surface area (Å²) < 4.78 is 17.3. The molecule has 0 amide bonds. The van der Waals surface area contributed by atoms with Crippen molar-refractivity contribution >= 4 is 11.5 Å². The Morgan fingerprint density at radius 1 is 1.17 bits per heavy atom. The quantitative estimate of drug-likeness (QED) is 0.801. The van der Waals surface area contributed by atoms with E-state index in [0.29, 0.717) is 12.2 Å². The van der Waals surface area contributed by atoms with Crippen LogP contribution in [-0.2, 0) is 19.0 Å². The summed E-state index contributed by atoms with van der Waals surface area (Å²) in [5.74, 6) is -1.07. The number of hydrogen-bond acceptors (Lipinski definition) is 4. The Kier molecular flexibility index (Phi) is 4.13. The largest absolute Gasteiger partial charge is 0.463 e. The first kappa shape index (κ1) is 16.0. The third kappa shape index (κ3) is 2.96. The van der Waals surface area contributed by atoms with Crippen LogP contribution < -0.4 is 0 Å². The molecule has 1 heterocycles. The van der Waals surface area contributed by atoms with E-state index in [1.807, 2.05) is 57.2 Å². The van der Waals surface area contributed by atoms with E-state index in [2.05, 4.69) is 0 Å². The fraction of sp³-hybridized carbons (Fsp3) is 0.421. The lowest BCUT2D eigenvalue weighted by molar-refractivity contribution is -0.146. The number of allylic oxidation sites excluding steroid dienone is 2. The summed E-state index contributed by atoms with van der Waals surface area (Å²) in [5, 5.41) is 0. The molecule has 1 fully saturated rings. The first-order valence-corrected chi connectivity index (χ1v) is 7.93. The third-order valence-electron chi connectivity index (χ3n) is 4.07. The number of hydrogen-bond donors (Lipinski definition) is 0. The Morgan fingerprint density at radius 2 is 1.83 bits per heavy atom. The van der Waals surface area contributed by atoms with E-state index in [1.54, 1.807) is 6.92 Å². The molecule has 0 aromatic heterocycles. The lowest BCUT2D eigenvalue weighted by Gasteiger charge is -2.26. The second-order valence-corrected chi connectivity index (χ2v) is 6.28. The predicted molar refractivity (Wildman–Crippen MR) is 87.6 cm³/mol. The van der Waals surface area contributed by atoms with Gasteiger partial charge in [-0.25, -0.2) is 4.79 Å². The highest BCUT2D eigenvalue weighted by Crippen LogP contribution is 2.42. The minimum atomic E-state index is -0.728. The van der Waals surface area contributed by atoms with E-state index in [4.69, 9.17) is 14.2 Å². The van der Waals surface area contributed by atoms with E-state index < -0.39 is 11.9 Å². The van der Waals surface area contributed by atoms with Crippen molar-refractivity contribution in [3.63, 3.8) is 0 Å². The van der Waals surface area contributed by atoms with Gasteiger partial charge >= 0.3 is 5.97 Å². The molecule has 1 aromatic carbocycles. The third-order valence-corrected chi connectivity index (χ3v) is 4.07. The van der Waals surface area contributed by atoms with Gasteiger partial charge in [-0.3, -0.25) is 0 Å². The van der Waals surface area contributed by atoms with E-state index in [1.165, 1.54) is 0 Å². The molecular weight excluding hydrogens is 292 g/mol. The van der Waals surface area contributed by atoms with Crippen molar-refractivity contribution in [2.75, 3.05) is 6.61 Å². The average Bonchev–Trinajstić information content (AvgIpc) is 2.84. The van der Waals surface area contributed by atoms with Crippen molar-refractivity contribution in [1.82, 2.24) is 0 Å². The number of carbonyl (C=O) groups is 1. The van der Waals surface area contributed by atoms with Crippen molar-refractivity contribution in [2.24, 2.45) is 0 Å². The molecule has 2 atom stereocenters. The summed E-state index contributed by atoms with van der Waals surface area (Å²) in [7, 11) is 0. The molecule has 1 aliphatic heterocycles. The number of fused-ring (bicyclic) bond motifs is 1. The van der Waals surface area contributed by atoms with E-state index in [0.717, 1.165) is 16.7 Å². The normalized spacial score (nSPS) is 25.8. The van der Waals surface area contributed by atoms with Gasteiger partial charge in [0, 0.05) is 0 Å². The van der Waals surface area contributed by atoms with Crippen molar-refractivity contribution < 1.29 is 19.0 Å². The van der Waals surface area contributed by atoms with Gasteiger partial charge in [0.05, 0.1) is 12.2 Å². The first-order chi connectivity index (χ1) is 10.9. The smallest absolute Gasteiger partial charge is 0.337 e. The molecule has 1 aromatic rings. The molecule has 2 aliphatic rings. The van der Waals surface area contributed by atoms with Gasteiger partial charge in [0.15, 0.2) is 5.79 Å². The maximum Gasteiger partial charge on any atom is 0.337 e. The van der Waals surface area contributed by atoms with Crippen LogP contribution in [0.5, 0.6) is 0 Å². The highest BCUT2D eigenvalue weighted by atomic mass is 16.8. The summed E-state index contributed by atoms with van der Waals surface area (Å²) in [5.41, 5.74) is 3.41. The standard InChI is InChI=1S/C19H22O4/c1-5-21-18(20)15-14(13-9-7-6-8-10-13)11-12(2)16-17(15)23-19(3,4)22-16/h6-11,16-17H,5H2,1-4H3/t16-,17+/m1/s1. The summed E-state index contributed by atoms with van der Waals surface area (Å²) in [4.78, 5) is 12.6. The van der Waals surface area contributed by atoms with Crippen LogP contribution in [0.15, 0.2) is 47.6 Å². The molecule has 0 radical (unpaired) electrons. The monoisotopic (exact) mass is 314 g/mol. The van der Waals surface area contributed by atoms with Crippen LogP contribution in [0.2, 0.25) is 0 Å². The Labute approximate surface area is 136 Å².